The van der Waals surface area contributed by atoms with E-state index in [4.69, 9.17) is 0 Å². The maximum atomic E-state index is 11.0. The van der Waals surface area contributed by atoms with E-state index in [2.05, 4.69) is 17.2 Å². The van der Waals surface area contributed by atoms with Crippen LogP contribution in [0.4, 0.5) is 11.5 Å². The summed E-state index contributed by atoms with van der Waals surface area (Å²) >= 11 is 0. The molecule has 0 radical (unpaired) electrons. The number of anilines is 1. The molecule has 1 heterocycles. The first-order chi connectivity index (χ1) is 8.58. The Morgan fingerprint density at radius 1 is 1.56 bits per heavy atom. The van der Waals surface area contributed by atoms with Crippen LogP contribution in [0.15, 0.2) is 12.3 Å². The molecule has 1 aliphatic rings. The molecule has 0 bridgehead atoms. The highest BCUT2D eigenvalue weighted by molar-refractivity contribution is 5.56. The summed E-state index contributed by atoms with van der Waals surface area (Å²) in [6.07, 6.45) is 5.38. The smallest absolute Gasteiger partial charge is 0.311 e. The molecule has 2 rings (SSSR count). The largest absolute Gasteiger partial charge is 0.364 e. The Balaban J connectivity index is 2.06. The van der Waals surface area contributed by atoms with Crippen LogP contribution in [0.3, 0.4) is 0 Å². The van der Waals surface area contributed by atoms with E-state index in [1.54, 1.807) is 12.3 Å². The fourth-order valence-corrected chi connectivity index (χ4v) is 2.58. The maximum absolute atomic E-state index is 11.0. The predicted octanol–water partition coefficient (Wildman–Crippen LogP) is 3.15. The van der Waals surface area contributed by atoms with Crippen LogP contribution in [0.2, 0.25) is 0 Å². The molecule has 2 unspecified atom stereocenters. The topological polar surface area (TPSA) is 68.1 Å². The Hall–Kier alpha value is -1.65. The van der Waals surface area contributed by atoms with Gasteiger partial charge in [0.1, 0.15) is 0 Å². The van der Waals surface area contributed by atoms with E-state index in [1.807, 2.05) is 6.92 Å². The van der Waals surface area contributed by atoms with Gasteiger partial charge in [0.25, 0.3) is 0 Å². The lowest BCUT2D eigenvalue weighted by molar-refractivity contribution is -0.384. The van der Waals surface area contributed by atoms with E-state index >= 15 is 0 Å². The monoisotopic (exact) mass is 249 g/mol. The Morgan fingerprint density at radius 3 is 2.94 bits per heavy atom. The van der Waals surface area contributed by atoms with Crippen LogP contribution in [-0.4, -0.2) is 16.5 Å². The van der Waals surface area contributed by atoms with E-state index in [-0.39, 0.29) is 10.6 Å². The van der Waals surface area contributed by atoms with Crippen molar-refractivity contribution in [2.75, 3.05) is 11.9 Å². The van der Waals surface area contributed by atoms with Gasteiger partial charge in [-0.15, -0.1) is 0 Å². The van der Waals surface area contributed by atoms with Gasteiger partial charge in [0.15, 0.2) is 0 Å². The average molecular weight is 249 g/mol. The fourth-order valence-electron chi connectivity index (χ4n) is 2.58. The van der Waals surface area contributed by atoms with Gasteiger partial charge >= 0.3 is 5.69 Å². The van der Waals surface area contributed by atoms with Crippen LogP contribution in [0.25, 0.3) is 0 Å². The Bertz CT molecular complexity index is 448. The molecule has 1 N–H and O–H groups in total. The summed E-state index contributed by atoms with van der Waals surface area (Å²) in [5.74, 6) is 1.69. The van der Waals surface area contributed by atoms with Crippen LogP contribution >= 0.6 is 0 Å². The molecule has 98 valence electrons. The summed E-state index contributed by atoms with van der Waals surface area (Å²) in [5, 5.41) is 14.1. The normalized spacial score (nSPS) is 23.0. The number of nitrogens with one attached hydrogen (secondary N) is 1. The lowest BCUT2D eigenvalue weighted by atomic mass is 9.98. The number of aromatic nitrogens is 1. The number of rotatable bonds is 4. The molecule has 1 aromatic heterocycles. The minimum Gasteiger partial charge on any atom is -0.364 e. The molecule has 5 heteroatoms. The SMILES string of the molecule is Cc1cnc(NCC2CCCC2C)c([N+](=O)[O-])c1. The Kier molecular flexibility index (Phi) is 3.79. The second-order valence-electron chi connectivity index (χ2n) is 5.19. The molecule has 1 aromatic rings. The number of hydrogen-bond acceptors (Lipinski definition) is 4. The van der Waals surface area contributed by atoms with E-state index < -0.39 is 0 Å². The van der Waals surface area contributed by atoms with E-state index in [1.165, 1.54) is 19.3 Å². The minimum absolute atomic E-state index is 0.0700. The first-order valence-corrected chi connectivity index (χ1v) is 6.43. The van der Waals surface area contributed by atoms with Gasteiger partial charge in [0.05, 0.1) is 4.92 Å². The molecular formula is C13H19N3O2. The molecule has 18 heavy (non-hydrogen) atoms. The van der Waals surface area contributed by atoms with Crippen molar-refractivity contribution in [1.82, 2.24) is 4.98 Å². The highest BCUT2D eigenvalue weighted by Crippen LogP contribution is 2.32. The molecule has 0 spiro atoms. The number of hydrogen-bond donors (Lipinski definition) is 1. The van der Waals surface area contributed by atoms with Gasteiger partial charge in [-0.1, -0.05) is 19.8 Å². The van der Waals surface area contributed by atoms with Crippen LogP contribution in [-0.2, 0) is 0 Å². The number of pyridine rings is 1. The van der Waals surface area contributed by atoms with Gasteiger partial charge in [-0.05, 0) is 30.7 Å². The quantitative estimate of drug-likeness (QED) is 0.657. The second-order valence-corrected chi connectivity index (χ2v) is 5.19. The molecule has 5 nitrogen and oxygen atoms in total. The molecule has 2 atom stereocenters. The van der Waals surface area contributed by atoms with Crippen LogP contribution in [0.5, 0.6) is 0 Å². The lowest BCUT2D eigenvalue weighted by Gasteiger charge is -2.16. The standard InChI is InChI=1S/C13H19N3O2/c1-9-6-12(16(17)18)13(14-7-9)15-8-11-5-3-4-10(11)2/h6-7,10-11H,3-5,8H2,1-2H3,(H,14,15). The van der Waals surface area contributed by atoms with Crippen molar-refractivity contribution in [3.05, 3.63) is 27.9 Å². The van der Waals surface area contributed by atoms with Crippen molar-refractivity contribution in [1.29, 1.82) is 0 Å². The molecule has 0 saturated heterocycles. The number of nitro groups is 1. The summed E-state index contributed by atoms with van der Waals surface area (Å²) in [7, 11) is 0. The Labute approximate surface area is 107 Å². The first-order valence-electron chi connectivity index (χ1n) is 6.43. The molecule has 1 aliphatic carbocycles. The summed E-state index contributed by atoms with van der Waals surface area (Å²) in [4.78, 5) is 14.7. The van der Waals surface area contributed by atoms with Gasteiger partial charge in [0, 0.05) is 18.8 Å². The van der Waals surface area contributed by atoms with Crippen LogP contribution in [0, 0.1) is 28.9 Å². The van der Waals surface area contributed by atoms with E-state index in [0.29, 0.717) is 17.7 Å². The van der Waals surface area contributed by atoms with Crippen molar-refractivity contribution in [3.8, 4) is 0 Å². The van der Waals surface area contributed by atoms with E-state index in [9.17, 15) is 10.1 Å². The van der Waals surface area contributed by atoms with Crippen LogP contribution in [0.1, 0.15) is 31.7 Å². The zero-order chi connectivity index (χ0) is 13.1. The third kappa shape index (κ3) is 2.78. The summed E-state index contributed by atoms with van der Waals surface area (Å²) < 4.78 is 0. The number of nitrogens with zero attached hydrogens (tertiary/aromatic N) is 2. The fraction of sp³-hybridized carbons (Fsp3) is 0.615. The highest BCUT2D eigenvalue weighted by Gasteiger charge is 2.24. The molecule has 0 amide bonds. The molecule has 0 aromatic carbocycles. The summed E-state index contributed by atoms with van der Waals surface area (Å²) in [6.45, 7) is 4.83. The number of aryl methyl sites for hydroxylation is 1. The molecular weight excluding hydrogens is 230 g/mol. The average Bonchev–Trinajstić information content (AvgIpc) is 2.73. The van der Waals surface area contributed by atoms with Crippen molar-refractivity contribution >= 4 is 11.5 Å². The summed E-state index contributed by atoms with van der Waals surface area (Å²) in [6, 6.07) is 1.56. The maximum Gasteiger partial charge on any atom is 0.311 e. The second kappa shape index (κ2) is 5.33. The lowest BCUT2D eigenvalue weighted by Crippen LogP contribution is -2.17. The van der Waals surface area contributed by atoms with Crippen molar-refractivity contribution in [2.24, 2.45) is 11.8 Å². The van der Waals surface area contributed by atoms with Gasteiger partial charge in [0.2, 0.25) is 5.82 Å². The minimum atomic E-state index is -0.375. The first kappa shape index (κ1) is 12.8. The van der Waals surface area contributed by atoms with Gasteiger partial charge in [-0.3, -0.25) is 10.1 Å². The van der Waals surface area contributed by atoms with Gasteiger partial charge in [-0.2, -0.15) is 0 Å². The molecule has 1 fully saturated rings. The van der Waals surface area contributed by atoms with E-state index in [0.717, 1.165) is 12.1 Å². The van der Waals surface area contributed by atoms with Crippen molar-refractivity contribution in [2.45, 2.75) is 33.1 Å². The predicted molar refractivity (Wildman–Crippen MR) is 70.6 cm³/mol. The zero-order valence-electron chi connectivity index (χ0n) is 10.8. The highest BCUT2D eigenvalue weighted by atomic mass is 16.6. The van der Waals surface area contributed by atoms with Crippen molar-refractivity contribution in [3.63, 3.8) is 0 Å². The Morgan fingerprint density at radius 2 is 2.33 bits per heavy atom. The third-order valence-corrected chi connectivity index (χ3v) is 3.77. The molecule has 0 aliphatic heterocycles. The van der Waals surface area contributed by atoms with Gasteiger partial charge < -0.3 is 5.32 Å². The molecule has 1 saturated carbocycles. The van der Waals surface area contributed by atoms with Crippen LogP contribution < -0.4 is 5.32 Å². The van der Waals surface area contributed by atoms with Crippen molar-refractivity contribution < 1.29 is 4.92 Å². The third-order valence-electron chi connectivity index (χ3n) is 3.77. The zero-order valence-corrected chi connectivity index (χ0v) is 10.8. The van der Waals surface area contributed by atoms with Gasteiger partial charge in [-0.25, -0.2) is 4.98 Å². The summed E-state index contributed by atoms with van der Waals surface area (Å²) in [5.41, 5.74) is 0.877.